The molecule has 0 fully saturated rings. The number of rotatable bonds is 5. The van der Waals surface area contributed by atoms with E-state index in [9.17, 15) is 4.79 Å². The molecule has 0 atom stereocenters. The zero-order chi connectivity index (χ0) is 17.8. The second-order valence-corrected chi connectivity index (χ2v) is 6.57. The number of hydrogen-bond donors (Lipinski definition) is 1. The number of fused-ring (bicyclic) bond motifs is 1. The lowest BCUT2D eigenvalue weighted by Gasteiger charge is -2.26. The van der Waals surface area contributed by atoms with E-state index >= 15 is 0 Å². The summed E-state index contributed by atoms with van der Waals surface area (Å²) in [4.78, 5) is 14.5. The summed E-state index contributed by atoms with van der Waals surface area (Å²) < 4.78 is 5.71. The lowest BCUT2D eigenvalue weighted by Crippen LogP contribution is -2.26. The normalized spacial score (nSPS) is 15.4. The summed E-state index contributed by atoms with van der Waals surface area (Å²) in [5.74, 6) is 0.601. The number of amides is 1. The van der Waals surface area contributed by atoms with Crippen LogP contribution in [-0.4, -0.2) is 30.5 Å². The largest absolute Gasteiger partial charge is 0.484 e. The summed E-state index contributed by atoms with van der Waals surface area (Å²) in [5.41, 5.74) is 4.80. The van der Waals surface area contributed by atoms with Crippen molar-refractivity contribution in [1.82, 2.24) is 4.90 Å². The van der Waals surface area contributed by atoms with E-state index in [1.807, 2.05) is 36.4 Å². The highest BCUT2D eigenvalue weighted by atomic mass is 16.5. The monoisotopic (exact) mass is 346 g/mol. The number of nitrogens with zero attached hydrogens (tertiary/aromatic N) is 1. The molecule has 1 heterocycles. The van der Waals surface area contributed by atoms with E-state index in [0.29, 0.717) is 0 Å². The van der Waals surface area contributed by atoms with Crippen molar-refractivity contribution in [2.24, 2.45) is 0 Å². The van der Waals surface area contributed by atoms with Gasteiger partial charge in [-0.2, -0.15) is 0 Å². The first-order chi connectivity index (χ1) is 12.8. The van der Waals surface area contributed by atoms with Gasteiger partial charge >= 0.3 is 0 Å². The summed E-state index contributed by atoms with van der Waals surface area (Å²) >= 11 is 0. The van der Waals surface area contributed by atoms with Gasteiger partial charge in [0, 0.05) is 24.5 Å². The van der Waals surface area contributed by atoms with Gasteiger partial charge in [-0.3, -0.25) is 4.79 Å². The Morgan fingerprint density at radius 3 is 2.54 bits per heavy atom. The van der Waals surface area contributed by atoms with E-state index in [1.165, 1.54) is 16.8 Å². The van der Waals surface area contributed by atoms with Crippen LogP contribution in [-0.2, 0) is 17.6 Å². The van der Waals surface area contributed by atoms with Crippen LogP contribution in [0.5, 0.6) is 5.75 Å². The fraction of sp³-hybridized carbons (Fsp3) is 0.227. The zero-order valence-electron chi connectivity index (χ0n) is 14.7. The van der Waals surface area contributed by atoms with Crippen molar-refractivity contribution < 1.29 is 9.53 Å². The summed E-state index contributed by atoms with van der Waals surface area (Å²) in [5, 5.41) is 2.83. The Labute approximate surface area is 153 Å². The molecule has 4 nitrogen and oxygen atoms in total. The van der Waals surface area contributed by atoms with Crippen molar-refractivity contribution in [2.75, 3.05) is 25.0 Å². The Hall–Kier alpha value is -3.01. The molecule has 132 valence electrons. The minimum Gasteiger partial charge on any atom is -0.484 e. The van der Waals surface area contributed by atoms with Crippen LogP contribution in [0.15, 0.2) is 72.5 Å². The predicted octanol–water partition coefficient (Wildman–Crippen LogP) is 3.56. The number of hydrogen-bond acceptors (Lipinski definition) is 3. The number of ether oxygens (including phenoxy) is 1. The third-order valence-electron chi connectivity index (χ3n) is 4.81. The molecule has 0 spiro atoms. The van der Waals surface area contributed by atoms with Gasteiger partial charge in [0.1, 0.15) is 5.75 Å². The van der Waals surface area contributed by atoms with Gasteiger partial charge in [-0.15, -0.1) is 0 Å². The Balaban J connectivity index is 1.34. The fourth-order valence-corrected chi connectivity index (χ4v) is 3.31. The Kier molecular flexibility index (Phi) is 4.73. The molecular formula is C22H22N2O2. The molecule has 2 aromatic carbocycles. The number of carbonyl (C=O) groups is 1. The lowest BCUT2D eigenvalue weighted by atomic mass is 10.0. The van der Waals surface area contributed by atoms with Gasteiger partial charge in [-0.05, 0) is 60.4 Å². The Bertz CT molecular complexity index is 856. The first-order valence-corrected chi connectivity index (χ1v) is 9.01. The van der Waals surface area contributed by atoms with Crippen molar-refractivity contribution in [2.45, 2.75) is 12.8 Å². The van der Waals surface area contributed by atoms with Crippen LogP contribution in [0.3, 0.4) is 0 Å². The minimum atomic E-state index is -0.152. The third kappa shape index (κ3) is 3.80. The quantitative estimate of drug-likeness (QED) is 0.900. The van der Waals surface area contributed by atoms with E-state index in [4.69, 9.17) is 4.74 Å². The van der Waals surface area contributed by atoms with Crippen LogP contribution < -0.4 is 10.1 Å². The van der Waals surface area contributed by atoms with Crippen LogP contribution in [0, 0.1) is 0 Å². The maximum Gasteiger partial charge on any atom is 0.262 e. The number of nitrogens with one attached hydrogen (secondary N) is 1. The number of allylic oxidation sites excluding steroid dienone is 3. The molecule has 0 saturated carbocycles. The second kappa shape index (κ2) is 7.48. The van der Waals surface area contributed by atoms with Crippen molar-refractivity contribution in [3.05, 3.63) is 83.6 Å². The molecule has 4 rings (SSSR count). The summed E-state index contributed by atoms with van der Waals surface area (Å²) in [7, 11) is 0. The van der Waals surface area contributed by atoms with Crippen LogP contribution in [0.4, 0.5) is 5.69 Å². The first kappa shape index (κ1) is 16.5. The van der Waals surface area contributed by atoms with Crippen LogP contribution in [0.25, 0.3) is 0 Å². The number of carbonyl (C=O) groups excluding carboxylic acids is 1. The highest BCUT2D eigenvalue weighted by molar-refractivity contribution is 5.91. The molecule has 1 N–H and O–H groups in total. The maximum absolute atomic E-state index is 12.0. The molecule has 0 saturated heterocycles. The lowest BCUT2D eigenvalue weighted by molar-refractivity contribution is -0.118. The maximum atomic E-state index is 12.0. The number of benzene rings is 2. The van der Waals surface area contributed by atoms with E-state index in [1.54, 1.807) is 0 Å². The SMILES string of the molecule is O=C(COc1ccc2c(c1)CCN(C1=CC=C1)CC2)Nc1ccccc1. The first-order valence-electron chi connectivity index (χ1n) is 9.01. The molecule has 1 aliphatic carbocycles. The van der Waals surface area contributed by atoms with E-state index in [-0.39, 0.29) is 12.5 Å². The number of para-hydroxylation sites is 1. The highest BCUT2D eigenvalue weighted by Crippen LogP contribution is 2.24. The summed E-state index contributed by atoms with van der Waals surface area (Å²) in [6, 6.07) is 15.6. The molecule has 0 radical (unpaired) electrons. The molecule has 1 amide bonds. The zero-order valence-corrected chi connectivity index (χ0v) is 14.7. The van der Waals surface area contributed by atoms with Gasteiger partial charge in [-0.25, -0.2) is 0 Å². The Morgan fingerprint density at radius 2 is 1.81 bits per heavy atom. The molecule has 0 aromatic heterocycles. The predicted molar refractivity (Wildman–Crippen MR) is 103 cm³/mol. The third-order valence-corrected chi connectivity index (χ3v) is 4.81. The van der Waals surface area contributed by atoms with E-state index in [0.717, 1.165) is 37.4 Å². The second-order valence-electron chi connectivity index (χ2n) is 6.57. The molecule has 2 aliphatic rings. The van der Waals surface area contributed by atoms with Gasteiger partial charge < -0.3 is 15.0 Å². The fourth-order valence-electron chi connectivity index (χ4n) is 3.31. The van der Waals surface area contributed by atoms with Crippen molar-refractivity contribution in [3.63, 3.8) is 0 Å². The van der Waals surface area contributed by atoms with Gasteiger partial charge in [-0.1, -0.05) is 30.3 Å². The summed E-state index contributed by atoms with van der Waals surface area (Å²) in [6.45, 7) is 2.07. The van der Waals surface area contributed by atoms with E-state index in [2.05, 4.69) is 40.6 Å². The van der Waals surface area contributed by atoms with Crippen LogP contribution in [0.1, 0.15) is 11.1 Å². The van der Waals surface area contributed by atoms with Crippen molar-refractivity contribution >= 4 is 11.6 Å². The average Bonchev–Trinajstić information content (AvgIpc) is 2.82. The van der Waals surface area contributed by atoms with Gasteiger partial charge in [0.05, 0.1) is 0 Å². The highest BCUT2D eigenvalue weighted by Gasteiger charge is 2.17. The van der Waals surface area contributed by atoms with Gasteiger partial charge in [0.15, 0.2) is 6.61 Å². The minimum absolute atomic E-state index is 0.0114. The van der Waals surface area contributed by atoms with Crippen LogP contribution in [0.2, 0.25) is 0 Å². The molecule has 2 aromatic rings. The van der Waals surface area contributed by atoms with Crippen LogP contribution >= 0.6 is 0 Å². The van der Waals surface area contributed by atoms with Crippen molar-refractivity contribution in [3.8, 4) is 5.75 Å². The molecular weight excluding hydrogens is 324 g/mol. The standard InChI is InChI=1S/C22H22N2O2/c25-22(23-19-5-2-1-3-6-19)16-26-21-10-9-17-11-13-24(20-7-4-8-20)14-12-18(17)15-21/h1-10,15H,11-14,16H2,(H,23,25). The molecule has 0 unspecified atom stereocenters. The van der Waals surface area contributed by atoms with Gasteiger partial charge in [0.25, 0.3) is 5.91 Å². The number of anilines is 1. The van der Waals surface area contributed by atoms with Gasteiger partial charge in [0.2, 0.25) is 0 Å². The topological polar surface area (TPSA) is 41.6 Å². The molecule has 4 heteroatoms. The van der Waals surface area contributed by atoms with Crippen molar-refractivity contribution in [1.29, 1.82) is 0 Å². The molecule has 1 aliphatic heterocycles. The molecule has 26 heavy (non-hydrogen) atoms. The molecule has 0 bridgehead atoms. The average molecular weight is 346 g/mol. The smallest absolute Gasteiger partial charge is 0.262 e. The summed E-state index contributed by atoms with van der Waals surface area (Å²) in [6.07, 6.45) is 8.44. The Morgan fingerprint density at radius 1 is 1.04 bits per heavy atom. The van der Waals surface area contributed by atoms with E-state index < -0.39 is 0 Å².